The number of amides is 1. The normalized spacial score (nSPS) is 10.6. The van der Waals surface area contributed by atoms with Gasteiger partial charge in [0.2, 0.25) is 5.91 Å². The number of pyridine rings is 1. The highest BCUT2D eigenvalue weighted by atomic mass is 16.2. The van der Waals surface area contributed by atoms with Gasteiger partial charge in [-0.1, -0.05) is 26.7 Å². The van der Waals surface area contributed by atoms with Gasteiger partial charge in [0, 0.05) is 17.7 Å². The average molecular weight is 218 g/mol. The summed E-state index contributed by atoms with van der Waals surface area (Å²) in [6, 6.07) is 1.28. The number of carbonyl (C=O) groups is 1. The molecule has 1 aromatic heterocycles. The van der Waals surface area contributed by atoms with E-state index in [1.807, 2.05) is 0 Å². The molecule has 1 rings (SSSR count). The quantitative estimate of drug-likeness (QED) is 0.699. The zero-order valence-electron chi connectivity index (χ0n) is 9.55. The fourth-order valence-corrected chi connectivity index (χ4v) is 0.966. The molecule has 1 aromatic rings. The third-order valence-corrected chi connectivity index (χ3v) is 2.00. The summed E-state index contributed by atoms with van der Waals surface area (Å²) in [6.07, 6.45) is 6.52. The first kappa shape index (κ1) is 12.1. The molecule has 0 bridgehead atoms. The van der Waals surface area contributed by atoms with Crippen LogP contribution in [-0.4, -0.2) is 10.9 Å². The fourth-order valence-electron chi connectivity index (χ4n) is 0.966. The van der Waals surface area contributed by atoms with Gasteiger partial charge in [-0.15, -0.1) is 6.42 Å². The molecule has 0 aromatic carbocycles. The zero-order chi connectivity index (χ0) is 12.3. The van der Waals surface area contributed by atoms with Crippen LogP contribution >= 0.6 is 0 Å². The van der Waals surface area contributed by atoms with E-state index < -0.39 is 5.41 Å². The van der Waals surface area contributed by atoms with E-state index in [1.165, 1.54) is 12.3 Å². The van der Waals surface area contributed by atoms with Crippen LogP contribution in [-0.2, 0) is 4.79 Å². The monoisotopic (exact) mass is 218 g/mol. The lowest BCUT2D eigenvalue weighted by Gasteiger charge is -2.17. The number of carbonyl (C=O) groups excluding carboxylic acids is 1. The number of hydrogen-bond acceptors (Lipinski definition) is 2. The predicted molar refractivity (Wildman–Crippen MR) is 63.1 cm³/mol. The lowest BCUT2D eigenvalue weighted by Crippen LogP contribution is -2.28. The van der Waals surface area contributed by atoms with E-state index in [0.717, 1.165) is 0 Å². The van der Waals surface area contributed by atoms with Gasteiger partial charge in [0.25, 0.3) is 0 Å². The van der Waals surface area contributed by atoms with E-state index in [1.54, 1.807) is 20.8 Å². The minimum absolute atomic E-state index is 0.170. The van der Waals surface area contributed by atoms with Gasteiger partial charge in [0.15, 0.2) is 5.43 Å². The second kappa shape index (κ2) is 4.23. The van der Waals surface area contributed by atoms with Crippen molar-refractivity contribution in [2.24, 2.45) is 5.41 Å². The van der Waals surface area contributed by atoms with E-state index in [-0.39, 0.29) is 16.9 Å². The number of anilines is 1. The third kappa shape index (κ3) is 2.74. The SMILES string of the molecule is C#Cc1c[nH]c(NC(=O)C(C)(C)C)cc1=O. The smallest absolute Gasteiger partial charge is 0.230 e. The van der Waals surface area contributed by atoms with E-state index in [4.69, 9.17) is 6.42 Å². The molecule has 0 spiro atoms. The van der Waals surface area contributed by atoms with E-state index in [2.05, 4.69) is 16.2 Å². The second-order valence-electron chi connectivity index (χ2n) is 4.47. The molecule has 0 unspecified atom stereocenters. The van der Waals surface area contributed by atoms with Gasteiger partial charge in [0.05, 0.1) is 5.56 Å². The van der Waals surface area contributed by atoms with Crippen LogP contribution in [0.5, 0.6) is 0 Å². The number of nitrogens with one attached hydrogen (secondary N) is 2. The molecule has 0 saturated heterocycles. The molecule has 0 saturated carbocycles. The number of H-pyrrole nitrogens is 1. The average Bonchev–Trinajstić information content (AvgIpc) is 2.16. The minimum atomic E-state index is -0.512. The molecule has 4 heteroatoms. The molecule has 0 aliphatic carbocycles. The maximum atomic E-state index is 11.6. The summed E-state index contributed by atoms with van der Waals surface area (Å²) in [4.78, 5) is 25.8. The van der Waals surface area contributed by atoms with Gasteiger partial charge in [-0.25, -0.2) is 0 Å². The number of hydrogen-bond donors (Lipinski definition) is 2. The van der Waals surface area contributed by atoms with Crippen LogP contribution in [0.4, 0.5) is 5.82 Å². The predicted octanol–water partition coefficient (Wildman–Crippen LogP) is 1.34. The van der Waals surface area contributed by atoms with Crippen molar-refractivity contribution >= 4 is 11.7 Å². The standard InChI is InChI=1S/C12H14N2O2/c1-5-8-7-13-10(6-9(8)15)14-11(16)12(2,3)4/h1,6-7H,2-4H3,(H2,13,14,15,16). The van der Waals surface area contributed by atoms with Gasteiger partial charge in [-0.3, -0.25) is 9.59 Å². The molecule has 0 radical (unpaired) electrons. The van der Waals surface area contributed by atoms with E-state index >= 15 is 0 Å². The van der Waals surface area contributed by atoms with Crippen molar-refractivity contribution in [3.8, 4) is 12.3 Å². The van der Waals surface area contributed by atoms with Crippen molar-refractivity contribution in [2.75, 3.05) is 5.32 Å². The maximum Gasteiger partial charge on any atom is 0.230 e. The Morgan fingerprint density at radius 3 is 2.56 bits per heavy atom. The first-order valence-corrected chi connectivity index (χ1v) is 4.85. The Hall–Kier alpha value is -2.02. The molecule has 0 fully saturated rings. The highest BCUT2D eigenvalue weighted by molar-refractivity contribution is 5.93. The van der Waals surface area contributed by atoms with Crippen molar-refractivity contribution in [3.05, 3.63) is 28.0 Å². The Kier molecular flexibility index (Phi) is 3.19. The molecule has 1 amide bonds. The summed E-state index contributed by atoms with van der Waals surface area (Å²) in [5.41, 5.74) is -0.555. The van der Waals surface area contributed by atoms with Gasteiger partial charge < -0.3 is 10.3 Å². The summed E-state index contributed by atoms with van der Waals surface area (Å²) in [5, 5.41) is 2.61. The first-order chi connectivity index (χ1) is 7.34. The van der Waals surface area contributed by atoms with Crippen molar-refractivity contribution in [2.45, 2.75) is 20.8 Å². The number of aromatic amines is 1. The Bertz CT molecular complexity index is 501. The van der Waals surface area contributed by atoms with E-state index in [0.29, 0.717) is 5.82 Å². The van der Waals surface area contributed by atoms with Crippen LogP contribution in [0.25, 0.3) is 0 Å². The molecule has 84 valence electrons. The molecular weight excluding hydrogens is 204 g/mol. The van der Waals surface area contributed by atoms with Crippen molar-refractivity contribution in [1.82, 2.24) is 4.98 Å². The Balaban J connectivity index is 2.94. The van der Waals surface area contributed by atoms with Crippen LogP contribution in [0.2, 0.25) is 0 Å². The van der Waals surface area contributed by atoms with Crippen LogP contribution < -0.4 is 10.7 Å². The van der Waals surface area contributed by atoms with Crippen LogP contribution in [0, 0.1) is 17.8 Å². The largest absolute Gasteiger partial charge is 0.347 e. The van der Waals surface area contributed by atoms with Gasteiger partial charge in [0.1, 0.15) is 5.82 Å². The van der Waals surface area contributed by atoms with Gasteiger partial charge in [-0.2, -0.15) is 0 Å². The summed E-state index contributed by atoms with van der Waals surface area (Å²) < 4.78 is 0. The van der Waals surface area contributed by atoms with E-state index in [9.17, 15) is 9.59 Å². The molecule has 0 atom stereocenters. The highest BCUT2D eigenvalue weighted by Gasteiger charge is 2.21. The summed E-state index contributed by atoms with van der Waals surface area (Å²) in [7, 11) is 0. The van der Waals surface area contributed by atoms with Gasteiger partial charge in [-0.05, 0) is 0 Å². The summed E-state index contributed by atoms with van der Waals surface area (Å²) in [6.45, 7) is 5.36. The molecule has 0 aliphatic heterocycles. The Labute approximate surface area is 94.1 Å². The topological polar surface area (TPSA) is 62.0 Å². The fraction of sp³-hybridized carbons (Fsp3) is 0.333. The zero-order valence-corrected chi connectivity index (χ0v) is 9.55. The molecular formula is C12H14N2O2. The summed E-state index contributed by atoms with van der Waals surface area (Å²) >= 11 is 0. The van der Waals surface area contributed by atoms with Crippen LogP contribution in [0.1, 0.15) is 26.3 Å². The highest BCUT2D eigenvalue weighted by Crippen LogP contribution is 2.15. The Morgan fingerprint density at radius 2 is 2.12 bits per heavy atom. The lowest BCUT2D eigenvalue weighted by atomic mass is 9.96. The molecule has 1 heterocycles. The number of terminal acetylenes is 1. The molecule has 0 aliphatic rings. The molecule has 4 nitrogen and oxygen atoms in total. The third-order valence-electron chi connectivity index (χ3n) is 2.00. The van der Waals surface area contributed by atoms with Crippen LogP contribution in [0.15, 0.2) is 17.1 Å². The summed E-state index contributed by atoms with van der Waals surface area (Å²) in [5.74, 6) is 2.43. The maximum absolute atomic E-state index is 11.6. The second-order valence-corrected chi connectivity index (χ2v) is 4.47. The van der Waals surface area contributed by atoms with Crippen molar-refractivity contribution in [3.63, 3.8) is 0 Å². The molecule has 16 heavy (non-hydrogen) atoms. The van der Waals surface area contributed by atoms with Crippen molar-refractivity contribution in [1.29, 1.82) is 0 Å². The van der Waals surface area contributed by atoms with Crippen molar-refractivity contribution < 1.29 is 4.79 Å². The van der Waals surface area contributed by atoms with Gasteiger partial charge >= 0.3 is 0 Å². The Morgan fingerprint density at radius 1 is 1.50 bits per heavy atom. The molecule has 2 N–H and O–H groups in total. The number of rotatable bonds is 1. The minimum Gasteiger partial charge on any atom is -0.347 e. The lowest BCUT2D eigenvalue weighted by molar-refractivity contribution is -0.123. The first-order valence-electron chi connectivity index (χ1n) is 4.85. The number of aromatic nitrogens is 1. The van der Waals surface area contributed by atoms with Crippen LogP contribution in [0.3, 0.4) is 0 Å².